The lowest BCUT2D eigenvalue weighted by Gasteiger charge is -2.40. The molecule has 7 aliphatic heterocycles. The van der Waals surface area contributed by atoms with Gasteiger partial charge in [-0.2, -0.15) is 0 Å². The van der Waals surface area contributed by atoms with Gasteiger partial charge in [-0.15, -0.1) is 0 Å². The smallest absolute Gasteiger partial charge is 0.345 e. The first-order chi connectivity index (χ1) is 22.4. The second-order valence-electron chi connectivity index (χ2n) is 13.0. The number of benzene rings is 4. The third kappa shape index (κ3) is 1.97. The SMILES string of the molecule is O=S1(=O)c2cccc3c2B2c4c1ccc1c4[N+]4(c5c(ccc6c5B5c7c(cccc7S6(=O)=O)-c6ccc[n+]4c65)O1)[n+]1cccc-3c12. The standard InChI is InChI=1S/C34H16B2N3O5S2/c40-45(41)23-9-1-5-17-19-7-3-15-37-33(19)35(27(17)23)29-25(45)13-11-21-31(29)39(37)32-22(44-21)12-14-26-30(32)36-28-18(6-2-10-24(28)46(26,42)43)20-8-4-16-38(39)34(20)36/h1-16H/q+3. The number of hydrogen-bond donors (Lipinski definition) is 0. The van der Waals surface area contributed by atoms with Gasteiger partial charge in [0.25, 0.3) is 0 Å². The Kier molecular flexibility index (Phi) is 3.34. The summed E-state index contributed by atoms with van der Waals surface area (Å²) in [5.41, 5.74) is 10.1. The van der Waals surface area contributed by atoms with Gasteiger partial charge in [0.2, 0.25) is 54.8 Å². The number of nitrogens with zero attached hydrogens (tertiary/aromatic N) is 3. The molecule has 4 aromatic carbocycles. The van der Waals surface area contributed by atoms with Crippen molar-refractivity contribution >= 4 is 77.5 Å². The van der Waals surface area contributed by atoms with Crippen LogP contribution in [0.2, 0.25) is 0 Å². The zero-order valence-electron chi connectivity index (χ0n) is 23.6. The Hall–Kier alpha value is -5.03. The zero-order chi connectivity index (χ0) is 30.2. The summed E-state index contributed by atoms with van der Waals surface area (Å²) in [6.07, 6.45) is 4.11. The van der Waals surface area contributed by atoms with E-state index in [9.17, 15) is 16.8 Å². The summed E-state index contributed by atoms with van der Waals surface area (Å²) >= 11 is 0. The number of fused-ring (bicyclic) bond motifs is 2. The Morgan fingerprint density at radius 2 is 0.935 bits per heavy atom. The molecular weight excluding hydrogens is 616 g/mol. The molecule has 0 amide bonds. The van der Waals surface area contributed by atoms with E-state index in [2.05, 4.69) is 33.9 Å². The van der Waals surface area contributed by atoms with Crippen LogP contribution in [-0.4, -0.2) is 30.3 Å². The van der Waals surface area contributed by atoms with Gasteiger partial charge in [-0.1, -0.05) is 24.3 Å². The number of aromatic nitrogens is 2. The largest absolute Gasteiger partial charge is 0.444 e. The van der Waals surface area contributed by atoms with Crippen LogP contribution < -0.4 is 51.8 Å². The summed E-state index contributed by atoms with van der Waals surface area (Å²) in [6.45, 7) is -0.654. The number of ether oxygens (including phenoxy) is 1. The maximum Gasteiger partial charge on any atom is 0.345 e. The maximum atomic E-state index is 14.5. The van der Waals surface area contributed by atoms with Crippen molar-refractivity contribution in [3.63, 3.8) is 0 Å². The molecule has 0 radical (unpaired) electrons. The first-order valence-electron chi connectivity index (χ1n) is 15.2. The molecule has 0 saturated carbocycles. The Bertz CT molecular complexity index is 2710. The fourth-order valence-corrected chi connectivity index (χ4v) is 13.5. The van der Waals surface area contributed by atoms with Crippen molar-refractivity contribution in [3.05, 3.63) is 97.3 Å². The van der Waals surface area contributed by atoms with Crippen molar-refractivity contribution in [1.29, 1.82) is 0 Å². The van der Waals surface area contributed by atoms with E-state index in [0.29, 0.717) is 43.6 Å². The molecule has 2 aromatic heterocycles. The van der Waals surface area contributed by atoms with Crippen LogP contribution in [0, 0.1) is 0 Å². The van der Waals surface area contributed by atoms with Crippen molar-refractivity contribution in [3.8, 4) is 33.8 Å². The lowest BCUT2D eigenvalue weighted by atomic mass is 9.38. The average Bonchev–Trinajstić information content (AvgIpc) is 3.59. The topological polar surface area (TPSA) is 85.3 Å². The first kappa shape index (κ1) is 23.3. The number of sulfone groups is 2. The van der Waals surface area contributed by atoms with E-state index < -0.39 is 19.7 Å². The first-order valence-corrected chi connectivity index (χ1v) is 18.1. The van der Waals surface area contributed by atoms with E-state index in [0.717, 1.165) is 44.4 Å². The molecule has 6 aromatic rings. The summed E-state index contributed by atoms with van der Waals surface area (Å²) in [7, 11) is -7.76. The molecule has 0 N–H and O–H groups in total. The molecule has 0 bridgehead atoms. The molecule has 0 aliphatic carbocycles. The van der Waals surface area contributed by atoms with Crippen LogP contribution in [0.3, 0.4) is 0 Å². The monoisotopic (exact) mass is 632 g/mol. The number of rotatable bonds is 0. The van der Waals surface area contributed by atoms with E-state index in [1.54, 1.807) is 36.4 Å². The second-order valence-corrected chi connectivity index (χ2v) is 16.7. The van der Waals surface area contributed by atoms with Gasteiger partial charge in [0.15, 0.2) is 4.70 Å². The summed E-state index contributed by atoms with van der Waals surface area (Å²) in [5, 5.41) is 0. The van der Waals surface area contributed by atoms with E-state index in [-0.39, 0.29) is 27.9 Å². The predicted octanol–water partition coefficient (Wildman–Crippen LogP) is -0.155. The fourth-order valence-electron chi connectivity index (χ4n) is 9.99. The minimum atomic E-state index is -3.88. The van der Waals surface area contributed by atoms with Gasteiger partial charge in [-0.3, -0.25) is 0 Å². The van der Waals surface area contributed by atoms with E-state index in [1.165, 1.54) is 0 Å². The van der Waals surface area contributed by atoms with Crippen molar-refractivity contribution in [2.75, 3.05) is 0 Å². The van der Waals surface area contributed by atoms with Gasteiger partial charge < -0.3 is 4.74 Å². The second kappa shape index (κ2) is 6.59. The van der Waals surface area contributed by atoms with Crippen LogP contribution in [0.5, 0.6) is 11.5 Å². The third-order valence-electron chi connectivity index (χ3n) is 11.3. The van der Waals surface area contributed by atoms with Crippen molar-refractivity contribution in [2.24, 2.45) is 0 Å². The summed E-state index contributed by atoms with van der Waals surface area (Å²) < 4.78 is 69.2. The zero-order valence-corrected chi connectivity index (χ0v) is 25.2. The van der Waals surface area contributed by atoms with Crippen molar-refractivity contribution < 1.29 is 30.9 Å². The Morgan fingerprint density at radius 3 is 1.41 bits per heavy atom. The molecular formula is C34H16B2N3O5S2+3. The summed E-state index contributed by atoms with van der Waals surface area (Å²) in [6, 6.07) is 26.2. The molecule has 212 valence electrons. The predicted molar refractivity (Wildman–Crippen MR) is 170 cm³/mol. The average molecular weight is 632 g/mol. The van der Waals surface area contributed by atoms with E-state index >= 15 is 0 Å². The highest BCUT2D eigenvalue weighted by atomic mass is 32.2. The lowest BCUT2D eigenvalue weighted by molar-refractivity contribution is -1.03. The van der Waals surface area contributed by atoms with Crippen LogP contribution in [0.25, 0.3) is 22.3 Å². The molecule has 46 heavy (non-hydrogen) atoms. The fraction of sp³-hybridized carbons (Fsp3) is 0. The molecule has 8 nitrogen and oxygen atoms in total. The lowest BCUT2D eigenvalue weighted by Crippen LogP contribution is -2.99. The summed E-state index contributed by atoms with van der Waals surface area (Å²) in [4.78, 5) is 1.22. The van der Waals surface area contributed by atoms with Gasteiger partial charge in [0, 0.05) is 43.5 Å². The van der Waals surface area contributed by atoms with Crippen LogP contribution in [0.4, 0.5) is 11.4 Å². The molecule has 1 spiro atoms. The summed E-state index contributed by atoms with van der Waals surface area (Å²) in [5.74, 6) is 1.10. The quantitative estimate of drug-likeness (QED) is 0.132. The molecule has 0 saturated heterocycles. The van der Waals surface area contributed by atoms with Gasteiger partial charge in [0.05, 0.1) is 19.6 Å². The highest BCUT2D eigenvalue weighted by molar-refractivity contribution is 7.92. The number of hydrogen-bond acceptors (Lipinski definition) is 5. The van der Waals surface area contributed by atoms with Gasteiger partial charge in [-0.25, -0.2) is 16.8 Å². The minimum absolute atomic E-state index is 0.0754. The molecule has 13 rings (SSSR count). The molecule has 9 heterocycles. The molecule has 12 heteroatoms. The highest BCUT2D eigenvalue weighted by Crippen LogP contribution is 2.53. The van der Waals surface area contributed by atoms with Crippen LogP contribution in [-0.2, 0) is 19.7 Å². The van der Waals surface area contributed by atoms with Crippen LogP contribution in [0.15, 0.2) is 117 Å². The van der Waals surface area contributed by atoms with Crippen LogP contribution in [0.1, 0.15) is 0 Å². The third-order valence-corrected chi connectivity index (χ3v) is 15.1. The Morgan fingerprint density at radius 1 is 0.500 bits per heavy atom. The maximum absolute atomic E-state index is 14.5. The minimum Gasteiger partial charge on any atom is -0.444 e. The number of quaternary nitrogens is 1. The van der Waals surface area contributed by atoms with Crippen LogP contribution >= 0.6 is 0 Å². The van der Waals surface area contributed by atoms with Crippen molar-refractivity contribution in [1.82, 2.24) is 4.70 Å². The van der Waals surface area contributed by atoms with Gasteiger partial charge >= 0.3 is 24.8 Å². The molecule has 0 unspecified atom stereocenters. The Balaban J connectivity index is 1.34. The highest BCUT2D eigenvalue weighted by Gasteiger charge is 2.76. The molecule has 7 aliphatic rings. The normalized spacial score (nSPS) is 19.0. The molecule has 0 fully saturated rings. The van der Waals surface area contributed by atoms with Gasteiger partial charge in [0.1, 0.15) is 0 Å². The van der Waals surface area contributed by atoms with Crippen molar-refractivity contribution in [2.45, 2.75) is 19.6 Å². The van der Waals surface area contributed by atoms with Gasteiger partial charge in [-0.05, 0) is 70.6 Å². The number of pyridine rings is 2. The van der Waals surface area contributed by atoms with E-state index in [1.807, 2.05) is 36.4 Å². The molecule has 0 atom stereocenters. The Labute approximate surface area is 262 Å². The van der Waals surface area contributed by atoms with E-state index in [4.69, 9.17) is 4.74 Å².